The average molecular weight is 268 g/mol. The van der Waals surface area contributed by atoms with Gasteiger partial charge in [0.15, 0.2) is 10.8 Å². The lowest BCUT2D eigenvalue weighted by Crippen LogP contribution is -2.08. The van der Waals surface area contributed by atoms with E-state index in [1.165, 1.54) is 6.07 Å². The van der Waals surface area contributed by atoms with E-state index >= 15 is 0 Å². The molecule has 2 aromatic carbocycles. The lowest BCUT2D eigenvalue weighted by molar-refractivity contribution is 0.104. The number of thiophene rings is 1. The second kappa shape index (κ2) is 3.36. The quantitative estimate of drug-likeness (QED) is 0.513. The van der Waals surface area contributed by atoms with Crippen LogP contribution >= 0.6 is 11.3 Å². The van der Waals surface area contributed by atoms with Gasteiger partial charge >= 0.3 is 0 Å². The average Bonchev–Trinajstić information content (AvgIpc) is 2.77. The van der Waals surface area contributed by atoms with Crippen LogP contribution in [0.3, 0.4) is 0 Å². The number of benzene rings is 2. The first-order valence-corrected chi connectivity index (χ1v) is 6.61. The molecule has 0 unspecified atom stereocenters. The van der Waals surface area contributed by atoms with Crippen molar-refractivity contribution in [3.63, 3.8) is 0 Å². The van der Waals surface area contributed by atoms with E-state index in [4.69, 9.17) is 0 Å². The summed E-state index contributed by atoms with van der Waals surface area (Å²) in [6.07, 6.45) is 0. The summed E-state index contributed by atoms with van der Waals surface area (Å²) < 4.78 is 0.563. The number of fused-ring (bicyclic) bond motifs is 2. The molecule has 0 amide bonds. The largest absolute Gasteiger partial charge is 0.506 e. The van der Waals surface area contributed by atoms with Gasteiger partial charge in [-0.2, -0.15) is 0 Å². The fourth-order valence-electron chi connectivity index (χ4n) is 2.66. The standard InChI is InChI=1S/C15H8O3S/c16-10-6-5-9-11-12(15(18)19-14(10)11)7-3-1-2-4-8(7)13(9)17/h1-6,16,18H. The van der Waals surface area contributed by atoms with Crippen molar-refractivity contribution in [1.29, 1.82) is 0 Å². The molecule has 0 spiro atoms. The molecule has 0 saturated heterocycles. The van der Waals surface area contributed by atoms with Crippen LogP contribution in [0.2, 0.25) is 0 Å². The molecule has 2 N–H and O–H groups in total. The molecule has 0 bridgehead atoms. The van der Waals surface area contributed by atoms with Crippen LogP contribution in [0.15, 0.2) is 36.4 Å². The Morgan fingerprint density at radius 1 is 0.895 bits per heavy atom. The van der Waals surface area contributed by atoms with Crippen LogP contribution in [-0.2, 0) is 0 Å². The first-order chi connectivity index (χ1) is 9.18. The van der Waals surface area contributed by atoms with Gasteiger partial charge in [0.2, 0.25) is 0 Å². The molecule has 0 saturated carbocycles. The molecule has 0 aliphatic heterocycles. The molecule has 0 fully saturated rings. The van der Waals surface area contributed by atoms with E-state index in [1.54, 1.807) is 12.1 Å². The summed E-state index contributed by atoms with van der Waals surface area (Å²) >= 11 is 1.10. The van der Waals surface area contributed by atoms with Gasteiger partial charge in [-0.3, -0.25) is 4.79 Å². The van der Waals surface area contributed by atoms with Crippen LogP contribution in [-0.4, -0.2) is 16.0 Å². The zero-order chi connectivity index (χ0) is 13.1. The predicted octanol–water partition coefficient (Wildman–Crippen LogP) is 3.52. The third-order valence-corrected chi connectivity index (χ3v) is 4.50. The van der Waals surface area contributed by atoms with Gasteiger partial charge in [0.1, 0.15) is 5.75 Å². The molecule has 3 aromatic rings. The highest BCUT2D eigenvalue weighted by Crippen LogP contribution is 2.51. The second-order valence-corrected chi connectivity index (χ2v) is 5.49. The van der Waals surface area contributed by atoms with Crippen LogP contribution in [0.25, 0.3) is 21.2 Å². The van der Waals surface area contributed by atoms with Gasteiger partial charge in [-0.1, -0.05) is 35.6 Å². The molecular weight excluding hydrogens is 260 g/mol. The van der Waals surface area contributed by atoms with E-state index in [1.807, 2.05) is 18.2 Å². The highest BCUT2D eigenvalue weighted by molar-refractivity contribution is 7.21. The van der Waals surface area contributed by atoms with Crippen LogP contribution in [0, 0.1) is 0 Å². The minimum absolute atomic E-state index is 0.0640. The van der Waals surface area contributed by atoms with Gasteiger partial charge in [0, 0.05) is 22.1 Å². The molecule has 1 heterocycles. The van der Waals surface area contributed by atoms with E-state index in [2.05, 4.69) is 0 Å². The van der Waals surface area contributed by atoms with E-state index in [-0.39, 0.29) is 16.6 Å². The van der Waals surface area contributed by atoms with E-state index in [0.29, 0.717) is 26.8 Å². The third-order valence-electron chi connectivity index (χ3n) is 3.49. The number of hydrogen-bond donors (Lipinski definition) is 2. The fraction of sp³-hybridized carbons (Fsp3) is 0. The maximum absolute atomic E-state index is 12.5. The van der Waals surface area contributed by atoms with Crippen LogP contribution in [0.5, 0.6) is 10.8 Å². The fourth-order valence-corrected chi connectivity index (χ4v) is 3.66. The SMILES string of the molecule is O=C1c2ccccc2-c2c(O)sc3c(O)ccc1c23. The number of carbonyl (C=O) groups excluding carboxylic acids is 1. The summed E-state index contributed by atoms with van der Waals surface area (Å²) in [4.78, 5) is 12.5. The Labute approximate surface area is 112 Å². The molecule has 1 aromatic heterocycles. The Hall–Kier alpha value is -2.33. The van der Waals surface area contributed by atoms with Gasteiger partial charge < -0.3 is 10.2 Å². The van der Waals surface area contributed by atoms with Crippen molar-refractivity contribution in [2.24, 2.45) is 0 Å². The van der Waals surface area contributed by atoms with E-state index in [0.717, 1.165) is 16.9 Å². The van der Waals surface area contributed by atoms with Crippen LogP contribution in [0.1, 0.15) is 15.9 Å². The minimum Gasteiger partial charge on any atom is -0.506 e. The number of aromatic hydroxyl groups is 2. The van der Waals surface area contributed by atoms with Crippen LogP contribution in [0.4, 0.5) is 0 Å². The van der Waals surface area contributed by atoms with Crippen molar-refractivity contribution >= 4 is 27.2 Å². The minimum atomic E-state index is -0.0640. The van der Waals surface area contributed by atoms with Crippen LogP contribution < -0.4 is 0 Å². The maximum atomic E-state index is 12.5. The summed E-state index contributed by atoms with van der Waals surface area (Å²) in [5.41, 5.74) is 2.52. The Morgan fingerprint density at radius 3 is 2.42 bits per heavy atom. The van der Waals surface area contributed by atoms with Gasteiger partial charge in [-0.15, -0.1) is 0 Å². The molecule has 92 valence electrons. The number of phenols is 1. The summed E-state index contributed by atoms with van der Waals surface area (Å²) in [5, 5.41) is 20.8. The molecule has 1 aliphatic rings. The Morgan fingerprint density at radius 2 is 1.63 bits per heavy atom. The molecule has 4 heteroatoms. The number of hydrogen-bond acceptors (Lipinski definition) is 4. The van der Waals surface area contributed by atoms with Crippen molar-refractivity contribution in [3.05, 3.63) is 47.5 Å². The zero-order valence-corrected chi connectivity index (χ0v) is 10.5. The highest BCUT2D eigenvalue weighted by atomic mass is 32.1. The molecule has 1 aliphatic carbocycles. The summed E-state index contributed by atoms with van der Waals surface area (Å²) in [7, 11) is 0. The van der Waals surface area contributed by atoms with Crippen molar-refractivity contribution in [2.75, 3.05) is 0 Å². The van der Waals surface area contributed by atoms with Crippen molar-refractivity contribution in [2.45, 2.75) is 0 Å². The number of carbonyl (C=O) groups is 1. The second-order valence-electron chi connectivity index (χ2n) is 4.49. The lowest BCUT2D eigenvalue weighted by atomic mass is 9.85. The van der Waals surface area contributed by atoms with Gasteiger partial charge in [-0.25, -0.2) is 0 Å². The summed E-state index contributed by atoms with van der Waals surface area (Å²) in [5.74, 6) is 0.0309. The lowest BCUT2D eigenvalue weighted by Gasteiger charge is -2.16. The Balaban J connectivity index is 2.30. The molecule has 0 radical (unpaired) electrons. The first-order valence-electron chi connectivity index (χ1n) is 5.80. The van der Waals surface area contributed by atoms with Crippen molar-refractivity contribution < 1.29 is 15.0 Å². The molecule has 0 atom stereocenters. The third kappa shape index (κ3) is 1.19. The highest BCUT2D eigenvalue weighted by Gasteiger charge is 2.29. The number of rotatable bonds is 0. The first kappa shape index (κ1) is 10.6. The molecule has 19 heavy (non-hydrogen) atoms. The predicted molar refractivity (Wildman–Crippen MR) is 74.0 cm³/mol. The van der Waals surface area contributed by atoms with Crippen molar-refractivity contribution in [3.8, 4) is 21.9 Å². The topological polar surface area (TPSA) is 57.5 Å². The normalized spacial score (nSPS) is 12.7. The summed E-state index contributed by atoms with van der Waals surface area (Å²) in [6.45, 7) is 0. The molecule has 4 rings (SSSR count). The van der Waals surface area contributed by atoms with Crippen molar-refractivity contribution in [1.82, 2.24) is 0 Å². The number of phenolic OH excluding ortho intramolecular Hbond substituents is 1. The van der Waals surface area contributed by atoms with Gasteiger partial charge in [-0.05, 0) is 17.7 Å². The van der Waals surface area contributed by atoms with E-state index in [9.17, 15) is 15.0 Å². The summed E-state index contributed by atoms with van der Waals surface area (Å²) in [6, 6.07) is 10.3. The van der Waals surface area contributed by atoms with E-state index < -0.39 is 0 Å². The Bertz CT molecular complexity index is 861. The van der Waals surface area contributed by atoms with Gasteiger partial charge in [0.05, 0.1) is 4.70 Å². The smallest absolute Gasteiger partial charge is 0.194 e. The monoisotopic (exact) mass is 268 g/mol. The molecular formula is C15H8O3S. The maximum Gasteiger partial charge on any atom is 0.194 e. The van der Waals surface area contributed by atoms with Gasteiger partial charge in [0.25, 0.3) is 0 Å². The molecule has 3 nitrogen and oxygen atoms in total. The Kier molecular flexibility index (Phi) is 1.87. The number of ketones is 1. The zero-order valence-electron chi connectivity index (χ0n) is 9.68.